The Labute approximate surface area is 141 Å². The van der Waals surface area contributed by atoms with Crippen molar-refractivity contribution in [2.24, 2.45) is 11.1 Å². The third-order valence-corrected chi connectivity index (χ3v) is 4.17. The average Bonchev–Trinajstić information content (AvgIpc) is 3.17. The molecule has 7 heteroatoms. The van der Waals surface area contributed by atoms with Gasteiger partial charge in [-0.25, -0.2) is 9.29 Å². The number of imide groups is 1. The van der Waals surface area contributed by atoms with E-state index in [-0.39, 0.29) is 11.4 Å². The lowest BCUT2D eigenvalue weighted by Gasteiger charge is -2.15. The summed E-state index contributed by atoms with van der Waals surface area (Å²) in [7, 11) is 0. The molecule has 1 fully saturated rings. The summed E-state index contributed by atoms with van der Waals surface area (Å²) in [6, 6.07) is 13.3. The quantitative estimate of drug-likeness (QED) is 0.633. The molecule has 6 nitrogen and oxygen atoms in total. The van der Waals surface area contributed by atoms with Gasteiger partial charge in [0, 0.05) is 5.56 Å². The molecule has 0 aromatic heterocycles. The fourth-order valence-electron chi connectivity index (χ4n) is 2.95. The Hall–Kier alpha value is -3.35. The monoisotopic (exact) mass is 338 g/mol. The number of nitrogens with zero attached hydrogens (tertiary/aromatic N) is 2. The molecule has 1 saturated heterocycles. The van der Waals surface area contributed by atoms with Gasteiger partial charge in [0.2, 0.25) is 17.8 Å². The predicted octanol–water partition coefficient (Wildman–Crippen LogP) is 1.95. The van der Waals surface area contributed by atoms with Crippen LogP contribution in [-0.2, 0) is 14.4 Å². The highest BCUT2D eigenvalue weighted by atomic mass is 19.1. The van der Waals surface area contributed by atoms with Crippen LogP contribution < -0.4 is 4.90 Å². The average molecular weight is 338 g/mol. The first-order valence-electron chi connectivity index (χ1n) is 7.55. The van der Waals surface area contributed by atoms with E-state index in [1.807, 2.05) is 0 Å². The highest BCUT2D eigenvalue weighted by Gasteiger charge is 2.57. The second-order valence-corrected chi connectivity index (χ2v) is 5.66. The molecule has 2 unspecified atom stereocenters. The molecule has 0 aliphatic carbocycles. The minimum atomic E-state index is -1.17. The molecule has 124 valence electrons. The molecular weight excluding hydrogens is 327 g/mol. The molecule has 4 rings (SSSR count). The summed E-state index contributed by atoms with van der Waals surface area (Å²) in [4.78, 5) is 43.8. The van der Waals surface area contributed by atoms with Crippen molar-refractivity contribution in [1.82, 2.24) is 0 Å². The van der Waals surface area contributed by atoms with E-state index in [1.165, 1.54) is 12.1 Å². The van der Waals surface area contributed by atoms with Crippen molar-refractivity contribution in [3.63, 3.8) is 0 Å². The summed E-state index contributed by atoms with van der Waals surface area (Å²) >= 11 is 0. The van der Waals surface area contributed by atoms with Crippen LogP contribution in [-0.4, -0.2) is 29.4 Å². The number of ketones is 1. The van der Waals surface area contributed by atoms with Crippen LogP contribution in [0.4, 0.5) is 10.1 Å². The lowest BCUT2D eigenvalue weighted by atomic mass is 9.93. The van der Waals surface area contributed by atoms with E-state index in [9.17, 15) is 18.8 Å². The van der Waals surface area contributed by atoms with Crippen molar-refractivity contribution in [2.45, 2.75) is 6.10 Å². The zero-order chi connectivity index (χ0) is 17.6. The number of benzene rings is 2. The summed E-state index contributed by atoms with van der Waals surface area (Å²) in [5, 5.41) is 3.68. The first kappa shape index (κ1) is 15.2. The minimum Gasteiger partial charge on any atom is -0.381 e. The normalized spacial score (nSPS) is 21.8. The Bertz CT molecular complexity index is 908. The van der Waals surface area contributed by atoms with Crippen LogP contribution in [0, 0.1) is 11.7 Å². The number of hydrogen-bond donors (Lipinski definition) is 0. The molecule has 0 N–H and O–H groups in total. The molecule has 0 spiro atoms. The number of amides is 2. The summed E-state index contributed by atoms with van der Waals surface area (Å²) < 4.78 is 13.1. The molecule has 2 aliphatic heterocycles. The Morgan fingerprint density at radius 1 is 1.00 bits per heavy atom. The first-order valence-corrected chi connectivity index (χ1v) is 7.55. The van der Waals surface area contributed by atoms with Gasteiger partial charge in [0.1, 0.15) is 17.4 Å². The molecule has 0 radical (unpaired) electrons. The number of anilines is 1. The van der Waals surface area contributed by atoms with Crippen LogP contribution in [0.5, 0.6) is 0 Å². The van der Waals surface area contributed by atoms with Gasteiger partial charge in [0.25, 0.3) is 5.91 Å². The van der Waals surface area contributed by atoms with Crippen LogP contribution in [0.25, 0.3) is 0 Å². The maximum atomic E-state index is 13.1. The zero-order valence-corrected chi connectivity index (χ0v) is 12.8. The van der Waals surface area contributed by atoms with E-state index in [1.54, 1.807) is 30.3 Å². The second kappa shape index (κ2) is 5.62. The summed E-state index contributed by atoms with van der Waals surface area (Å²) in [6.07, 6.45) is -1.17. The third kappa shape index (κ3) is 2.32. The van der Waals surface area contributed by atoms with Crippen molar-refractivity contribution in [3.8, 4) is 0 Å². The third-order valence-electron chi connectivity index (χ3n) is 4.17. The van der Waals surface area contributed by atoms with E-state index in [0.29, 0.717) is 5.56 Å². The summed E-state index contributed by atoms with van der Waals surface area (Å²) in [5.74, 6) is -3.27. The zero-order valence-electron chi connectivity index (χ0n) is 12.8. The van der Waals surface area contributed by atoms with Crippen LogP contribution in [0.15, 0.2) is 59.8 Å². The van der Waals surface area contributed by atoms with Gasteiger partial charge in [-0.15, -0.1) is 0 Å². The van der Waals surface area contributed by atoms with Crippen molar-refractivity contribution >= 4 is 29.0 Å². The van der Waals surface area contributed by atoms with Crippen LogP contribution in [0.3, 0.4) is 0 Å². The number of Topliss-reactive ketones (excluding diaryl/α,β-unsaturated/α-hetero) is 1. The maximum Gasteiger partial charge on any atom is 0.278 e. The highest BCUT2D eigenvalue weighted by Crippen LogP contribution is 2.34. The first-order chi connectivity index (χ1) is 12.1. The number of rotatable bonds is 3. The largest absolute Gasteiger partial charge is 0.381 e. The van der Waals surface area contributed by atoms with Crippen LogP contribution >= 0.6 is 0 Å². The molecule has 0 bridgehead atoms. The predicted molar refractivity (Wildman–Crippen MR) is 85.5 cm³/mol. The fraction of sp³-hybridized carbons (Fsp3) is 0.111. The Morgan fingerprint density at radius 3 is 2.36 bits per heavy atom. The van der Waals surface area contributed by atoms with Crippen molar-refractivity contribution in [2.75, 3.05) is 4.90 Å². The number of carbonyl (C=O) groups is 3. The minimum absolute atomic E-state index is 0.0980. The van der Waals surface area contributed by atoms with Gasteiger partial charge in [-0.05, 0) is 24.3 Å². The molecule has 0 saturated carbocycles. The van der Waals surface area contributed by atoms with Crippen LogP contribution in [0.2, 0.25) is 0 Å². The fourth-order valence-corrected chi connectivity index (χ4v) is 2.95. The van der Waals surface area contributed by atoms with E-state index in [0.717, 1.165) is 17.0 Å². The Morgan fingerprint density at radius 2 is 1.68 bits per heavy atom. The number of oxime groups is 1. The van der Waals surface area contributed by atoms with Crippen molar-refractivity contribution in [1.29, 1.82) is 0 Å². The van der Waals surface area contributed by atoms with Crippen molar-refractivity contribution in [3.05, 3.63) is 66.0 Å². The molecular formula is C18H11FN2O4. The summed E-state index contributed by atoms with van der Waals surface area (Å²) in [6.45, 7) is 0. The molecule has 2 atom stereocenters. The van der Waals surface area contributed by atoms with Crippen molar-refractivity contribution < 1.29 is 23.6 Å². The molecule has 2 heterocycles. The molecule has 2 aromatic carbocycles. The number of fused-ring (bicyclic) bond motifs is 1. The van der Waals surface area contributed by atoms with E-state index < -0.39 is 35.4 Å². The van der Waals surface area contributed by atoms with Crippen LogP contribution in [0.1, 0.15) is 10.4 Å². The maximum absolute atomic E-state index is 13.1. The van der Waals surface area contributed by atoms with Gasteiger partial charge in [-0.3, -0.25) is 14.4 Å². The van der Waals surface area contributed by atoms with E-state index in [2.05, 4.69) is 5.16 Å². The molecule has 25 heavy (non-hydrogen) atoms. The molecule has 2 amide bonds. The van der Waals surface area contributed by atoms with Gasteiger partial charge < -0.3 is 4.84 Å². The smallest absolute Gasteiger partial charge is 0.278 e. The topological polar surface area (TPSA) is 76.0 Å². The van der Waals surface area contributed by atoms with Gasteiger partial charge in [0.05, 0.1) is 5.69 Å². The van der Waals surface area contributed by atoms with Gasteiger partial charge in [0.15, 0.2) is 0 Å². The van der Waals surface area contributed by atoms with Gasteiger partial charge in [-0.2, -0.15) is 0 Å². The molecule has 2 aliphatic rings. The number of halogens is 1. The lowest BCUT2D eigenvalue weighted by molar-refractivity contribution is -0.126. The van der Waals surface area contributed by atoms with E-state index in [4.69, 9.17) is 4.84 Å². The standard InChI is InChI=1S/C18H11FN2O4/c19-11-6-8-12(9-7-11)21-17(23)13-14(20-25-16(13)18(21)24)15(22)10-4-2-1-3-5-10/h1-9,13,16H. The SMILES string of the molecule is O=C(C1=NOC2C(=O)N(c3ccc(F)cc3)C(=O)C12)c1ccccc1. The number of hydrogen-bond acceptors (Lipinski definition) is 5. The van der Waals surface area contributed by atoms with E-state index >= 15 is 0 Å². The number of carbonyl (C=O) groups excluding carboxylic acids is 3. The highest BCUT2D eigenvalue weighted by molar-refractivity contribution is 6.52. The molecule has 2 aromatic rings. The second-order valence-electron chi connectivity index (χ2n) is 5.66. The summed E-state index contributed by atoms with van der Waals surface area (Å²) in [5.41, 5.74) is 0.478. The lowest BCUT2D eigenvalue weighted by Crippen LogP contribution is -2.34. The van der Waals surface area contributed by atoms with Gasteiger partial charge in [-0.1, -0.05) is 35.5 Å². The Balaban J connectivity index is 1.67. The van der Waals surface area contributed by atoms with Gasteiger partial charge >= 0.3 is 0 Å². The Kier molecular flexibility index (Phi) is 3.42.